The Morgan fingerprint density at radius 2 is 2.07 bits per heavy atom. The number of nitrogens with one attached hydrogen (secondary N) is 4. The number of carbonyl (C=O) groups excluding carboxylic acids is 1. The number of hydrogen-bond donors (Lipinski definition) is 4. The number of aromatic nitrogens is 2. The molecule has 3 aromatic rings. The van der Waals surface area contributed by atoms with Crippen molar-refractivity contribution in [1.82, 2.24) is 26.1 Å². The summed E-state index contributed by atoms with van der Waals surface area (Å²) in [6.45, 7) is 0.606. The van der Waals surface area contributed by atoms with Gasteiger partial charge in [-0.1, -0.05) is 24.3 Å². The van der Waals surface area contributed by atoms with Crippen molar-refractivity contribution in [2.45, 2.75) is 18.8 Å². The summed E-state index contributed by atoms with van der Waals surface area (Å²) < 4.78 is 39.5. The minimum Gasteiger partial charge on any atom is -0.345 e. The van der Waals surface area contributed by atoms with E-state index >= 15 is 0 Å². The zero-order valence-corrected chi connectivity index (χ0v) is 14.0. The van der Waals surface area contributed by atoms with E-state index in [2.05, 4.69) is 26.1 Å². The summed E-state index contributed by atoms with van der Waals surface area (Å²) in [5.41, 5.74) is 7.16. The van der Waals surface area contributed by atoms with E-state index in [1.54, 1.807) is 6.07 Å². The van der Waals surface area contributed by atoms with Gasteiger partial charge in [0.05, 0.1) is 35.8 Å². The number of imidazole rings is 1. The molecule has 0 amide bonds. The number of halogens is 3. The highest BCUT2D eigenvalue weighted by Crippen LogP contribution is 2.33. The van der Waals surface area contributed by atoms with Crippen molar-refractivity contribution < 1.29 is 18.0 Å². The number of ketones is 1. The summed E-state index contributed by atoms with van der Waals surface area (Å²) in [5, 5.41) is 3.18. The van der Waals surface area contributed by atoms with Crippen LogP contribution in [-0.2, 0) is 12.6 Å². The molecule has 0 aliphatic carbocycles. The molecule has 2 aromatic carbocycles. The van der Waals surface area contributed by atoms with Gasteiger partial charge in [-0.15, -0.1) is 0 Å². The second-order valence-corrected chi connectivity index (χ2v) is 6.30. The number of carbonyl (C=O) groups is 1. The monoisotopic (exact) mass is 375 g/mol. The molecule has 0 spiro atoms. The van der Waals surface area contributed by atoms with Gasteiger partial charge in [0, 0.05) is 12.0 Å². The largest absolute Gasteiger partial charge is 0.416 e. The summed E-state index contributed by atoms with van der Waals surface area (Å²) in [4.78, 5) is 19.4. The van der Waals surface area contributed by atoms with Gasteiger partial charge in [0.2, 0.25) is 0 Å². The molecule has 140 valence electrons. The van der Waals surface area contributed by atoms with Gasteiger partial charge in [0.25, 0.3) is 0 Å². The van der Waals surface area contributed by atoms with E-state index in [1.807, 2.05) is 18.2 Å². The number of rotatable bonds is 4. The third kappa shape index (κ3) is 3.57. The van der Waals surface area contributed by atoms with Crippen LogP contribution >= 0.6 is 0 Å². The van der Waals surface area contributed by atoms with Crippen LogP contribution in [0.2, 0.25) is 0 Å². The predicted molar refractivity (Wildman–Crippen MR) is 92.6 cm³/mol. The fourth-order valence-electron chi connectivity index (χ4n) is 3.15. The highest BCUT2D eigenvalue weighted by atomic mass is 19.4. The topological polar surface area (TPSA) is 81.8 Å². The molecule has 1 aliphatic heterocycles. The van der Waals surface area contributed by atoms with Gasteiger partial charge in [-0.05, 0) is 23.3 Å². The van der Waals surface area contributed by atoms with Gasteiger partial charge >= 0.3 is 6.18 Å². The molecule has 4 N–H and O–H groups in total. The molecule has 9 heteroatoms. The maximum Gasteiger partial charge on any atom is 0.416 e. The van der Waals surface area contributed by atoms with Crippen LogP contribution in [0.3, 0.4) is 0 Å². The molecule has 0 saturated carbocycles. The molecule has 2 heterocycles. The van der Waals surface area contributed by atoms with Gasteiger partial charge < -0.3 is 4.98 Å². The minimum atomic E-state index is -4.54. The summed E-state index contributed by atoms with van der Waals surface area (Å²) >= 11 is 0. The first kappa shape index (κ1) is 17.7. The predicted octanol–water partition coefficient (Wildman–Crippen LogP) is 2.66. The van der Waals surface area contributed by atoms with E-state index in [0.717, 1.165) is 17.7 Å². The summed E-state index contributed by atoms with van der Waals surface area (Å²) in [5.74, 6) is -0.416. The zero-order valence-electron chi connectivity index (χ0n) is 14.0. The number of fused-ring (bicyclic) bond motifs is 1. The molecule has 27 heavy (non-hydrogen) atoms. The number of alkyl halides is 3. The lowest BCUT2D eigenvalue weighted by molar-refractivity contribution is -0.137. The Labute approximate surface area is 152 Å². The van der Waals surface area contributed by atoms with Crippen LogP contribution in [0.1, 0.15) is 33.2 Å². The highest BCUT2D eigenvalue weighted by molar-refractivity contribution is 6.07. The molecule has 0 radical (unpaired) electrons. The number of benzene rings is 2. The third-order valence-corrected chi connectivity index (χ3v) is 4.44. The fraction of sp³-hybridized carbons (Fsp3) is 0.222. The lowest BCUT2D eigenvalue weighted by Gasteiger charge is -2.12. The van der Waals surface area contributed by atoms with Crippen LogP contribution in [0.5, 0.6) is 0 Å². The lowest BCUT2D eigenvalue weighted by atomic mass is 9.98. The van der Waals surface area contributed by atoms with Crippen LogP contribution in [0.4, 0.5) is 13.2 Å². The Bertz CT molecular complexity index is 992. The zero-order chi connectivity index (χ0) is 19.0. The second kappa shape index (κ2) is 6.76. The van der Waals surface area contributed by atoms with Gasteiger partial charge in [-0.25, -0.2) is 15.8 Å². The van der Waals surface area contributed by atoms with Gasteiger partial charge in [-0.2, -0.15) is 13.2 Å². The molecule has 0 bridgehead atoms. The lowest BCUT2D eigenvalue weighted by Crippen LogP contribution is -2.25. The van der Waals surface area contributed by atoms with E-state index in [4.69, 9.17) is 0 Å². The first-order valence-electron chi connectivity index (χ1n) is 8.30. The number of H-pyrrole nitrogens is 1. The maximum atomic E-state index is 13.2. The van der Waals surface area contributed by atoms with Crippen LogP contribution in [-0.4, -0.2) is 22.4 Å². The molecule has 6 nitrogen and oxygen atoms in total. The van der Waals surface area contributed by atoms with Crippen molar-refractivity contribution in [2.75, 3.05) is 6.67 Å². The van der Waals surface area contributed by atoms with E-state index in [0.29, 0.717) is 12.2 Å². The Hall–Kier alpha value is -2.75. The molecular weight excluding hydrogens is 359 g/mol. The summed E-state index contributed by atoms with van der Waals surface area (Å²) in [7, 11) is 0. The molecule has 1 unspecified atom stereocenters. The van der Waals surface area contributed by atoms with Crippen LogP contribution in [0.25, 0.3) is 11.0 Å². The molecule has 4 rings (SSSR count). The highest BCUT2D eigenvalue weighted by Gasteiger charge is 2.32. The van der Waals surface area contributed by atoms with E-state index in [-0.39, 0.29) is 29.2 Å². The molecular formula is C18H16F3N5O. The minimum absolute atomic E-state index is 0.0166. The summed E-state index contributed by atoms with van der Waals surface area (Å²) in [6, 6.07) is 9.19. The van der Waals surface area contributed by atoms with Crippen molar-refractivity contribution in [2.24, 2.45) is 0 Å². The van der Waals surface area contributed by atoms with Gasteiger partial charge in [0.15, 0.2) is 5.78 Å². The van der Waals surface area contributed by atoms with Crippen LogP contribution < -0.4 is 16.2 Å². The standard InChI is InChI=1S/C18H16F3N5O/c19-18(20,21)12-6-13(16-14(7-12)22-8-23-16)15(27)5-10-2-1-3-11(4-10)17-24-9-25-26-17/h1-4,6-8,17,24-26H,5,9H2,(H,22,23). The molecule has 1 saturated heterocycles. The van der Waals surface area contributed by atoms with Crippen LogP contribution in [0.15, 0.2) is 42.7 Å². The third-order valence-electron chi connectivity index (χ3n) is 4.44. The Morgan fingerprint density at radius 3 is 2.81 bits per heavy atom. The number of nitrogens with zero attached hydrogens (tertiary/aromatic N) is 1. The van der Waals surface area contributed by atoms with Crippen molar-refractivity contribution in [3.63, 3.8) is 0 Å². The average molecular weight is 375 g/mol. The Balaban J connectivity index is 1.65. The molecule has 1 fully saturated rings. The number of aromatic amines is 1. The van der Waals surface area contributed by atoms with Gasteiger partial charge in [-0.3, -0.25) is 10.1 Å². The number of hydrazine groups is 1. The quantitative estimate of drug-likeness (QED) is 0.527. The van der Waals surface area contributed by atoms with Crippen molar-refractivity contribution >= 4 is 16.8 Å². The molecule has 1 aliphatic rings. The second-order valence-electron chi connectivity index (χ2n) is 6.30. The maximum absolute atomic E-state index is 13.2. The SMILES string of the molecule is O=C(Cc1cccc(C2NCNN2)c1)c1cc(C(F)(F)F)cc2[nH]cnc12. The van der Waals surface area contributed by atoms with Crippen LogP contribution in [0, 0.1) is 0 Å². The van der Waals surface area contributed by atoms with Crippen molar-refractivity contribution in [1.29, 1.82) is 0 Å². The van der Waals surface area contributed by atoms with E-state index < -0.39 is 17.5 Å². The summed E-state index contributed by atoms with van der Waals surface area (Å²) in [6.07, 6.45) is -3.36. The van der Waals surface area contributed by atoms with E-state index in [9.17, 15) is 18.0 Å². The fourth-order valence-corrected chi connectivity index (χ4v) is 3.15. The van der Waals surface area contributed by atoms with Crippen molar-refractivity contribution in [3.8, 4) is 0 Å². The smallest absolute Gasteiger partial charge is 0.345 e. The first-order valence-corrected chi connectivity index (χ1v) is 8.30. The number of Topliss-reactive ketones (excluding diaryl/α,β-unsaturated/α-hetero) is 1. The molecule has 1 atom stereocenters. The average Bonchev–Trinajstić information content (AvgIpc) is 3.32. The number of hydrogen-bond acceptors (Lipinski definition) is 5. The normalized spacial score (nSPS) is 17.5. The van der Waals surface area contributed by atoms with E-state index in [1.165, 1.54) is 6.33 Å². The van der Waals surface area contributed by atoms with Gasteiger partial charge in [0.1, 0.15) is 0 Å². The van der Waals surface area contributed by atoms with Crippen molar-refractivity contribution in [3.05, 3.63) is 65.0 Å². The molecule has 1 aromatic heterocycles. The Kier molecular flexibility index (Phi) is 4.42. The Morgan fingerprint density at radius 1 is 1.22 bits per heavy atom. The first-order chi connectivity index (χ1) is 12.9.